The van der Waals surface area contributed by atoms with Crippen molar-refractivity contribution in [3.05, 3.63) is 24.3 Å². The van der Waals surface area contributed by atoms with E-state index in [1.165, 1.54) is 0 Å². The van der Waals surface area contributed by atoms with Crippen molar-refractivity contribution in [3.63, 3.8) is 0 Å². The molecule has 4 heteroatoms. The van der Waals surface area contributed by atoms with Crippen LogP contribution in [0.3, 0.4) is 0 Å². The van der Waals surface area contributed by atoms with E-state index >= 15 is 0 Å². The topological polar surface area (TPSA) is 78.5 Å². The van der Waals surface area contributed by atoms with Gasteiger partial charge >= 0.3 is 0 Å². The lowest BCUT2D eigenvalue weighted by molar-refractivity contribution is 0.152. The van der Waals surface area contributed by atoms with Crippen molar-refractivity contribution in [1.29, 1.82) is 0 Å². The number of nitrogen functional groups attached to an aromatic ring is 1. The Morgan fingerprint density at radius 2 is 1.93 bits per heavy atom. The van der Waals surface area contributed by atoms with Crippen molar-refractivity contribution in [3.8, 4) is 0 Å². The molecule has 1 aromatic rings. The molecule has 0 saturated carbocycles. The van der Waals surface area contributed by atoms with E-state index in [0.29, 0.717) is 12.1 Å². The first-order valence-corrected chi connectivity index (χ1v) is 5.04. The van der Waals surface area contributed by atoms with Crippen LogP contribution >= 0.6 is 0 Å². The van der Waals surface area contributed by atoms with Gasteiger partial charge in [0.25, 0.3) is 0 Å². The molecule has 0 aromatic heterocycles. The van der Waals surface area contributed by atoms with Crippen LogP contribution in [0.15, 0.2) is 24.3 Å². The zero-order chi connectivity index (χ0) is 11.3. The highest BCUT2D eigenvalue weighted by molar-refractivity contribution is 5.51. The number of hydrogen-bond donors (Lipinski definition) is 4. The van der Waals surface area contributed by atoms with Gasteiger partial charge in [-0.05, 0) is 37.6 Å². The SMILES string of the molecule is CC(O)C(CCO)Nc1ccc(N)cc1. The van der Waals surface area contributed by atoms with Crippen LogP contribution in [-0.2, 0) is 0 Å². The second-order valence-electron chi connectivity index (χ2n) is 3.63. The van der Waals surface area contributed by atoms with Crippen LogP contribution in [0.4, 0.5) is 11.4 Å². The highest BCUT2D eigenvalue weighted by Crippen LogP contribution is 2.14. The standard InChI is InChI=1S/C11H18N2O2/c1-8(15)11(6-7-14)13-10-4-2-9(12)3-5-10/h2-5,8,11,13-15H,6-7,12H2,1H3. The monoisotopic (exact) mass is 210 g/mol. The Labute approximate surface area is 89.7 Å². The summed E-state index contributed by atoms with van der Waals surface area (Å²) < 4.78 is 0. The number of rotatable bonds is 5. The predicted molar refractivity (Wildman–Crippen MR) is 61.6 cm³/mol. The van der Waals surface area contributed by atoms with E-state index in [1.807, 2.05) is 12.1 Å². The average Bonchev–Trinajstić information content (AvgIpc) is 2.20. The van der Waals surface area contributed by atoms with Gasteiger partial charge in [0, 0.05) is 18.0 Å². The second-order valence-corrected chi connectivity index (χ2v) is 3.63. The summed E-state index contributed by atoms with van der Waals surface area (Å²) >= 11 is 0. The van der Waals surface area contributed by atoms with E-state index in [9.17, 15) is 5.11 Å². The molecule has 2 unspecified atom stereocenters. The van der Waals surface area contributed by atoms with E-state index in [2.05, 4.69) is 5.32 Å². The zero-order valence-corrected chi connectivity index (χ0v) is 8.85. The van der Waals surface area contributed by atoms with E-state index in [1.54, 1.807) is 19.1 Å². The van der Waals surface area contributed by atoms with Gasteiger partial charge in [-0.3, -0.25) is 0 Å². The van der Waals surface area contributed by atoms with Crippen LogP contribution in [0.5, 0.6) is 0 Å². The maximum atomic E-state index is 9.46. The molecule has 0 bridgehead atoms. The van der Waals surface area contributed by atoms with Crippen molar-refractivity contribution >= 4 is 11.4 Å². The highest BCUT2D eigenvalue weighted by Gasteiger charge is 2.13. The summed E-state index contributed by atoms with van der Waals surface area (Å²) in [5.41, 5.74) is 7.16. The molecule has 84 valence electrons. The Kier molecular flexibility index (Phi) is 4.39. The smallest absolute Gasteiger partial charge is 0.0713 e. The first kappa shape index (κ1) is 11.8. The summed E-state index contributed by atoms with van der Waals surface area (Å²) in [6.45, 7) is 1.75. The zero-order valence-electron chi connectivity index (χ0n) is 8.85. The molecule has 5 N–H and O–H groups in total. The van der Waals surface area contributed by atoms with Crippen molar-refractivity contribution < 1.29 is 10.2 Å². The van der Waals surface area contributed by atoms with E-state index in [4.69, 9.17) is 10.8 Å². The molecular formula is C11H18N2O2. The van der Waals surface area contributed by atoms with Crippen molar-refractivity contribution in [2.75, 3.05) is 17.7 Å². The van der Waals surface area contributed by atoms with Gasteiger partial charge in [-0.25, -0.2) is 0 Å². The van der Waals surface area contributed by atoms with Crippen LogP contribution in [0.25, 0.3) is 0 Å². The number of benzene rings is 1. The number of aliphatic hydroxyl groups is 2. The van der Waals surface area contributed by atoms with Gasteiger partial charge in [0.1, 0.15) is 0 Å². The lowest BCUT2D eigenvalue weighted by Gasteiger charge is -2.21. The molecule has 0 amide bonds. The van der Waals surface area contributed by atoms with Crippen molar-refractivity contribution in [2.45, 2.75) is 25.5 Å². The minimum atomic E-state index is -0.505. The lowest BCUT2D eigenvalue weighted by Crippen LogP contribution is -2.32. The molecule has 1 rings (SSSR count). The van der Waals surface area contributed by atoms with Gasteiger partial charge in [0.05, 0.1) is 12.1 Å². The third-order valence-corrected chi connectivity index (χ3v) is 2.29. The molecular weight excluding hydrogens is 192 g/mol. The quantitative estimate of drug-likeness (QED) is 0.542. The van der Waals surface area contributed by atoms with Gasteiger partial charge in [0.15, 0.2) is 0 Å². The van der Waals surface area contributed by atoms with E-state index < -0.39 is 6.10 Å². The Hall–Kier alpha value is -1.26. The number of anilines is 2. The van der Waals surface area contributed by atoms with Crippen LogP contribution in [-0.4, -0.2) is 29.0 Å². The van der Waals surface area contributed by atoms with Gasteiger partial charge in [0.2, 0.25) is 0 Å². The van der Waals surface area contributed by atoms with Crippen LogP contribution in [0, 0.1) is 0 Å². The molecule has 0 saturated heterocycles. The van der Waals surface area contributed by atoms with Crippen molar-refractivity contribution in [1.82, 2.24) is 0 Å². The molecule has 0 aliphatic rings. The molecule has 0 aliphatic carbocycles. The number of nitrogens with two attached hydrogens (primary N) is 1. The van der Waals surface area contributed by atoms with Gasteiger partial charge in [-0.15, -0.1) is 0 Å². The van der Waals surface area contributed by atoms with E-state index in [-0.39, 0.29) is 12.6 Å². The Bertz CT molecular complexity index is 285. The first-order chi connectivity index (χ1) is 7.13. The lowest BCUT2D eigenvalue weighted by atomic mass is 10.1. The number of aliphatic hydroxyl groups excluding tert-OH is 2. The fourth-order valence-corrected chi connectivity index (χ4v) is 1.37. The third kappa shape index (κ3) is 3.77. The largest absolute Gasteiger partial charge is 0.399 e. The minimum absolute atomic E-state index is 0.0531. The fraction of sp³-hybridized carbons (Fsp3) is 0.455. The summed E-state index contributed by atoms with van der Waals surface area (Å²) in [7, 11) is 0. The highest BCUT2D eigenvalue weighted by atomic mass is 16.3. The second kappa shape index (κ2) is 5.58. The Morgan fingerprint density at radius 3 is 2.40 bits per heavy atom. The molecule has 0 spiro atoms. The molecule has 15 heavy (non-hydrogen) atoms. The Balaban J connectivity index is 2.61. The van der Waals surface area contributed by atoms with Crippen LogP contribution in [0.2, 0.25) is 0 Å². The first-order valence-electron chi connectivity index (χ1n) is 5.04. The third-order valence-electron chi connectivity index (χ3n) is 2.29. The van der Waals surface area contributed by atoms with Gasteiger partial charge in [-0.2, -0.15) is 0 Å². The molecule has 0 fully saturated rings. The Morgan fingerprint density at radius 1 is 1.33 bits per heavy atom. The molecule has 0 heterocycles. The normalized spacial score (nSPS) is 14.6. The van der Waals surface area contributed by atoms with Gasteiger partial charge < -0.3 is 21.3 Å². The van der Waals surface area contributed by atoms with Crippen LogP contribution < -0.4 is 11.1 Å². The average molecular weight is 210 g/mol. The summed E-state index contributed by atoms with van der Waals surface area (Å²) in [6.07, 6.45) is 0.0110. The van der Waals surface area contributed by atoms with Crippen LogP contribution in [0.1, 0.15) is 13.3 Å². The minimum Gasteiger partial charge on any atom is -0.399 e. The summed E-state index contributed by atoms with van der Waals surface area (Å²) in [6, 6.07) is 7.14. The predicted octanol–water partition coefficient (Wildman–Crippen LogP) is 0.812. The molecule has 1 aromatic carbocycles. The van der Waals surface area contributed by atoms with E-state index in [0.717, 1.165) is 5.69 Å². The fourth-order valence-electron chi connectivity index (χ4n) is 1.37. The maximum absolute atomic E-state index is 9.46. The summed E-state index contributed by atoms with van der Waals surface area (Å²) in [5.74, 6) is 0. The molecule has 2 atom stereocenters. The molecule has 0 aliphatic heterocycles. The maximum Gasteiger partial charge on any atom is 0.0713 e. The summed E-state index contributed by atoms with van der Waals surface area (Å²) in [4.78, 5) is 0. The van der Waals surface area contributed by atoms with Gasteiger partial charge in [-0.1, -0.05) is 0 Å². The van der Waals surface area contributed by atoms with Crippen molar-refractivity contribution in [2.24, 2.45) is 0 Å². The summed E-state index contributed by atoms with van der Waals surface area (Å²) in [5, 5.41) is 21.4. The number of nitrogens with one attached hydrogen (secondary N) is 1. The number of hydrogen-bond acceptors (Lipinski definition) is 4. The molecule has 0 radical (unpaired) electrons. The molecule has 4 nitrogen and oxygen atoms in total.